The molecule has 0 unspecified atom stereocenters. The Morgan fingerprint density at radius 2 is 1.60 bits per heavy atom. The molecule has 4 aromatic carbocycles. The van der Waals surface area contributed by atoms with Crippen LogP contribution in [0.1, 0.15) is 29.0 Å². The molecule has 0 radical (unpaired) electrons. The molecule has 1 N–H and O–H groups in total. The maximum atomic E-state index is 12.3. The van der Waals surface area contributed by atoms with E-state index in [1.54, 1.807) is 0 Å². The molecule has 1 heterocycles. The zero-order valence-corrected chi connectivity index (χ0v) is 19.7. The quantitative estimate of drug-likeness (QED) is 0.258. The van der Waals surface area contributed by atoms with Crippen LogP contribution in [0, 0.1) is 0 Å². The Kier molecular flexibility index (Phi) is 7.04. The van der Waals surface area contributed by atoms with Gasteiger partial charge in [0.15, 0.2) is 0 Å². The standard InChI is InChI=1S/C30H29N3O2/c34-30(24-11-2-1-3-12-24)31-19-8-16-29-32-27-14-6-7-15-28(27)33(29)20-9-21-35-26-18-17-23-10-4-5-13-25(23)22-26/h1-7,10-15,17-18,22H,8-9,16,19-21H2,(H,31,34). The van der Waals surface area contributed by atoms with Crippen LogP contribution in [0.4, 0.5) is 0 Å². The molecule has 0 bridgehead atoms. The molecule has 0 fully saturated rings. The van der Waals surface area contributed by atoms with Crippen molar-refractivity contribution in [3.05, 3.63) is 108 Å². The van der Waals surface area contributed by atoms with Gasteiger partial charge in [0.1, 0.15) is 11.6 Å². The Labute approximate surface area is 205 Å². The Bertz CT molecular complexity index is 1430. The van der Waals surface area contributed by atoms with E-state index in [0.29, 0.717) is 18.7 Å². The fourth-order valence-corrected chi connectivity index (χ4v) is 4.38. The maximum absolute atomic E-state index is 12.3. The van der Waals surface area contributed by atoms with E-state index < -0.39 is 0 Å². The van der Waals surface area contributed by atoms with Crippen LogP contribution in [-0.2, 0) is 13.0 Å². The van der Waals surface area contributed by atoms with Crippen LogP contribution in [0.2, 0.25) is 0 Å². The van der Waals surface area contributed by atoms with Crippen molar-refractivity contribution in [1.82, 2.24) is 14.9 Å². The lowest BCUT2D eigenvalue weighted by molar-refractivity contribution is 0.0953. The van der Waals surface area contributed by atoms with Crippen molar-refractivity contribution in [2.45, 2.75) is 25.8 Å². The molecule has 0 atom stereocenters. The second-order valence-corrected chi connectivity index (χ2v) is 8.60. The number of nitrogens with one attached hydrogen (secondary N) is 1. The minimum absolute atomic E-state index is 0.0371. The third-order valence-corrected chi connectivity index (χ3v) is 6.15. The zero-order chi connectivity index (χ0) is 23.9. The fourth-order valence-electron chi connectivity index (χ4n) is 4.38. The zero-order valence-electron chi connectivity index (χ0n) is 19.7. The number of aromatic nitrogens is 2. The lowest BCUT2D eigenvalue weighted by Gasteiger charge is -2.11. The second-order valence-electron chi connectivity index (χ2n) is 8.60. The van der Waals surface area contributed by atoms with E-state index in [-0.39, 0.29) is 5.91 Å². The number of imidazole rings is 1. The Morgan fingerprint density at radius 1 is 0.829 bits per heavy atom. The average molecular weight is 464 g/mol. The number of carbonyl (C=O) groups is 1. The molecule has 5 nitrogen and oxygen atoms in total. The molecular formula is C30H29N3O2. The highest BCUT2D eigenvalue weighted by Crippen LogP contribution is 2.21. The number of ether oxygens (including phenoxy) is 1. The van der Waals surface area contributed by atoms with Crippen molar-refractivity contribution in [2.24, 2.45) is 0 Å². The number of benzene rings is 4. The van der Waals surface area contributed by atoms with E-state index in [1.807, 2.05) is 54.6 Å². The van der Waals surface area contributed by atoms with Crippen LogP contribution in [0.15, 0.2) is 97.1 Å². The molecule has 176 valence electrons. The molecule has 35 heavy (non-hydrogen) atoms. The number of hydrogen-bond acceptors (Lipinski definition) is 3. The molecule has 5 rings (SSSR count). The highest BCUT2D eigenvalue weighted by molar-refractivity contribution is 5.94. The van der Waals surface area contributed by atoms with E-state index in [0.717, 1.165) is 48.4 Å². The monoisotopic (exact) mass is 463 g/mol. The summed E-state index contributed by atoms with van der Waals surface area (Å²) in [4.78, 5) is 17.1. The fraction of sp³-hybridized carbons (Fsp3) is 0.200. The summed E-state index contributed by atoms with van der Waals surface area (Å²) in [5.74, 6) is 1.91. The third-order valence-electron chi connectivity index (χ3n) is 6.15. The van der Waals surface area contributed by atoms with Crippen molar-refractivity contribution in [3.8, 4) is 5.75 Å². The first-order chi connectivity index (χ1) is 17.3. The summed E-state index contributed by atoms with van der Waals surface area (Å²) in [5.41, 5.74) is 2.83. The van der Waals surface area contributed by atoms with Gasteiger partial charge < -0.3 is 14.6 Å². The summed E-state index contributed by atoms with van der Waals surface area (Å²) in [6, 6.07) is 32.1. The van der Waals surface area contributed by atoms with Crippen molar-refractivity contribution >= 4 is 27.7 Å². The Hall–Kier alpha value is -4.12. The number of amides is 1. The van der Waals surface area contributed by atoms with Gasteiger partial charge in [0.05, 0.1) is 17.6 Å². The number of nitrogens with zero attached hydrogens (tertiary/aromatic N) is 2. The number of para-hydroxylation sites is 2. The van der Waals surface area contributed by atoms with Crippen LogP contribution < -0.4 is 10.1 Å². The summed E-state index contributed by atoms with van der Waals surface area (Å²) < 4.78 is 8.34. The molecule has 5 heteroatoms. The van der Waals surface area contributed by atoms with Crippen molar-refractivity contribution in [2.75, 3.05) is 13.2 Å². The van der Waals surface area contributed by atoms with Gasteiger partial charge in [0.2, 0.25) is 0 Å². The van der Waals surface area contributed by atoms with Crippen molar-refractivity contribution in [3.63, 3.8) is 0 Å². The molecule has 0 saturated carbocycles. The third kappa shape index (κ3) is 5.52. The number of hydrogen-bond donors (Lipinski definition) is 1. The van der Waals surface area contributed by atoms with Gasteiger partial charge in [-0.05, 0) is 60.0 Å². The van der Waals surface area contributed by atoms with Crippen LogP contribution in [0.5, 0.6) is 5.75 Å². The molecule has 0 aliphatic carbocycles. The summed E-state index contributed by atoms with van der Waals surface area (Å²) in [6.07, 6.45) is 2.51. The molecule has 0 spiro atoms. The minimum Gasteiger partial charge on any atom is -0.494 e. The highest BCUT2D eigenvalue weighted by atomic mass is 16.5. The number of aryl methyl sites for hydroxylation is 2. The summed E-state index contributed by atoms with van der Waals surface area (Å²) in [7, 11) is 0. The first-order valence-corrected chi connectivity index (χ1v) is 12.2. The number of carbonyl (C=O) groups excluding carboxylic acids is 1. The molecule has 0 aliphatic rings. The Balaban J connectivity index is 1.17. The first kappa shape index (κ1) is 22.7. The molecule has 0 saturated heterocycles. The van der Waals surface area contributed by atoms with Gasteiger partial charge in [0, 0.05) is 25.1 Å². The van der Waals surface area contributed by atoms with E-state index in [9.17, 15) is 4.79 Å². The predicted molar refractivity (Wildman–Crippen MR) is 141 cm³/mol. The predicted octanol–water partition coefficient (Wildman–Crippen LogP) is 6.02. The highest BCUT2D eigenvalue weighted by Gasteiger charge is 2.11. The van der Waals surface area contributed by atoms with Crippen molar-refractivity contribution < 1.29 is 9.53 Å². The van der Waals surface area contributed by atoms with Crippen LogP contribution >= 0.6 is 0 Å². The van der Waals surface area contributed by atoms with E-state index in [4.69, 9.17) is 9.72 Å². The van der Waals surface area contributed by atoms with E-state index >= 15 is 0 Å². The van der Waals surface area contributed by atoms with Crippen LogP contribution in [0.3, 0.4) is 0 Å². The molecule has 1 amide bonds. The van der Waals surface area contributed by atoms with Crippen LogP contribution in [0.25, 0.3) is 21.8 Å². The first-order valence-electron chi connectivity index (χ1n) is 12.2. The second kappa shape index (κ2) is 10.9. The van der Waals surface area contributed by atoms with Gasteiger partial charge in [-0.2, -0.15) is 0 Å². The van der Waals surface area contributed by atoms with Gasteiger partial charge in [-0.3, -0.25) is 4.79 Å². The summed E-state index contributed by atoms with van der Waals surface area (Å²) >= 11 is 0. The largest absolute Gasteiger partial charge is 0.494 e. The lowest BCUT2D eigenvalue weighted by atomic mass is 10.1. The van der Waals surface area contributed by atoms with E-state index in [1.165, 1.54) is 10.8 Å². The van der Waals surface area contributed by atoms with Gasteiger partial charge >= 0.3 is 0 Å². The molecule has 5 aromatic rings. The van der Waals surface area contributed by atoms with Gasteiger partial charge in [0.25, 0.3) is 5.91 Å². The average Bonchev–Trinajstić information content (AvgIpc) is 3.26. The maximum Gasteiger partial charge on any atom is 0.251 e. The summed E-state index contributed by atoms with van der Waals surface area (Å²) in [6.45, 7) is 2.08. The summed E-state index contributed by atoms with van der Waals surface area (Å²) in [5, 5.41) is 5.41. The van der Waals surface area contributed by atoms with Crippen molar-refractivity contribution in [1.29, 1.82) is 0 Å². The topological polar surface area (TPSA) is 56.2 Å². The SMILES string of the molecule is O=C(NCCCc1nc2ccccc2n1CCCOc1ccc2ccccc2c1)c1ccccc1. The smallest absolute Gasteiger partial charge is 0.251 e. The van der Waals surface area contributed by atoms with Crippen LogP contribution in [-0.4, -0.2) is 28.6 Å². The molecule has 1 aromatic heterocycles. The van der Waals surface area contributed by atoms with Gasteiger partial charge in [-0.25, -0.2) is 4.98 Å². The number of rotatable bonds is 10. The lowest BCUT2D eigenvalue weighted by Crippen LogP contribution is -2.24. The van der Waals surface area contributed by atoms with E-state index in [2.05, 4.69) is 52.3 Å². The minimum atomic E-state index is -0.0371. The normalized spacial score (nSPS) is 11.1. The van der Waals surface area contributed by atoms with Gasteiger partial charge in [-0.1, -0.05) is 60.7 Å². The Morgan fingerprint density at radius 3 is 2.49 bits per heavy atom. The molecule has 0 aliphatic heterocycles. The van der Waals surface area contributed by atoms with Gasteiger partial charge in [-0.15, -0.1) is 0 Å². The number of fused-ring (bicyclic) bond motifs is 2. The molecular weight excluding hydrogens is 434 g/mol.